The van der Waals surface area contributed by atoms with Crippen LogP contribution >= 0.6 is 11.3 Å². The van der Waals surface area contributed by atoms with Crippen LogP contribution in [-0.4, -0.2) is 27.4 Å². The maximum atomic E-state index is 13.0. The second-order valence-electron chi connectivity index (χ2n) is 5.68. The van der Waals surface area contributed by atoms with Crippen LogP contribution in [0, 0.1) is 12.7 Å². The highest BCUT2D eigenvalue weighted by atomic mass is 32.1. The molecule has 3 aromatic rings. The van der Waals surface area contributed by atoms with Gasteiger partial charge in [0.15, 0.2) is 0 Å². The molecule has 0 aliphatic heterocycles. The van der Waals surface area contributed by atoms with E-state index in [1.165, 1.54) is 34.4 Å². The van der Waals surface area contributed by atoms with Crippen LogP contribution in [0.5, 0.6) is 0 Å². The van der Waals surface area contributed by atoms with Gasteiger partial charge in [-0.2, -0.15) is 0 Å². The summed E-state index contributed by atoms with van der Waals surface area (Å²) in [6.07, 6.45) is 1.46. The number of benzene rings is 1. The maximum Gasteiger partial charge on any atom is 0.264 e. The Balaban J connectivity index is 1.93. The summed E-state index contributed by atoms with van der Waals surface area (Å²) in [5.74, 6) is -0.489. The zero-order chi connectivity index (χ0) is 17.4. The van der Waals surface area contributed by atoms with E-state index in [-0.39, 0.29) is 17.3 Å². The van der Waals surface area contributed by atoms with Crippen molar-refractivity contribution in [1.29, 1.82) is 0 Å². The summed E-state index contributed by atoms with van der Waals surface area (Å²) in [5, 5.41) is 0.489. The molecule has 2 heterocycles. The predicted octanol–water partition coefficient (Wildman–Crippen LogP) is 2.71. The summed E-state index contributed by atoms with van der Waals surface area (Å²) in [6.45, 7) is 2.12. The zero-order valence-electron chi connectivity index (χ0n) is 13.5. The fourth-order valence-corrected chi connectivity index (χ4v) is 3.66. The minimum atomic E-state index is -0.310. The lowest BCUT2D eigenvalue weighted by molar-refractivity contribution is 0.0789. The van der Waals surface area contributed by atoms with Crippen molar-refractivity contribution in [2.75, 3.05) is 7.05 Å². The molecule has 0 spiro atoms. The molecule has 0 atom stereocenters. The molecule has 0 bridgehead atoms. The molecule has 2 aromatic heterocycles. The zero-order valence-corrected chi connectivity index (χ0v) is 14.4. The van der Waals surface area contributed by atoms with E-state index in [1.54, 1.807) is 38.1 Å². The van der Waals surface area contributed by atoms with Crippen LogP contribution in [0.25, 0.3) is 10.2 Å². The third kappa shape index (κ3) is 2.82. The second kappa shape index (κ2) is 6.16. The standard InChI is InChI=1S/C17H16FN3O2S/c1-10-13-15(19-9-21(3)16(13)22)24-14(10)17(23)20(2)8-11-4-6-12(18)7-5-11/h4-7,9H,8H2,1-3H3. The van der Waals surface area contributed by atoms with Gasteiger partial charge in [-0.3, -0.25) is 9.59 Å². The lowest BCUT2D eigenvalue weighted by atomic mass is 10.2. The molecular formula is C17H16FN3O2S. The molecule has 24 heavy (non-hydrogen) atoms. The van der Waals surface area contributed by atoms with E-state index in [4.69, 9.17) is 0 Å². The first kappa shape index (κ1) is 16.3. The monoisotopic (exact) mass is 345 g/mol. The number of carbonyl (C=O) groups is 1. The number of rotatable bonds is 3. The molecule has 124 valence electrons. The van der Waals surface area contributed by atoms with Crippen molar-refractivity contribution in [3.8, 4) is 0 Å². The highest BCUT2D eigenvalue weighted by Crippen LogP contribution is 2.28. The van der Waals surface area contributed by atoms with Gasteiger partial charge < -0.3 is 9.47 Å². The highest BCUT2D eigenvalue weighted by molar-refractivity contribution is 7.20. The fraction of sp³-hybridized carbons (Fsp3) is 0.235. The number of nitrogens with zero attached hydrogens (tertiary/aromatic N) is 3. The lowest BCUT2D eigenvalue weighted by Crippen LogP contribution is -2.26. The van der Waals surface area contributed by atoms with E-state index in [0.717, 1.165) is 5.56 Å². The number of hydrogen-bond donors (Lipinski definition) is 0. The number of amides is 1. The van der Waals surface area contributed by atoms with Crippen molar-refractivity contribution >= 4 is 27.5 Å². The molecule has 1 amide bonds. The van der Waals surface area contributed by atoms with Gasteiger partial charge in [-0.05, 0) is 30.2 Å². The number of carbonyl (C=O) groups excluding carboxylic acids is 1. The van der Waals surface area contributed by atoms with E-state index in [0.29, 0.717) is 27.2 Å². The Labute approximate surface area is 142 Å². The largest absolute Gasteiger partial charge is 0.337 e. The molecule has 1 aromatic carbocycles. The van der Waals surface area contributed by atoms with Gasteiger partial charge in [0.25, 0.3) is 11.5 Å². The minimum absolute atomic E-state index is 0.158. The minimum Gasteiger partial charge on any atom is -0.337 e. The van der Waals surface area contributed by atoms with Gasteiger partial charge in [0.05, 0.1) is 16.6 Å². The Kier molecular flexibility index (Phi) is 4.19. The van der Waals surface area contributed by atoms with Gasteiger partial charge >= 0.3 is 0 Å². The van der Waals surface area contributed by atoms with Crippen molar-refractivity contribution in [3.63, 3.8) is 0 Å². The molecule has 0 aliphatic rings. The van der Waals surface area contributed by atoms with Crippen molar-refractivity contribution in [2.45, 2.75) is 13.5 Å². The number of hydrogen-bond acceptors (Lipinski definition) is 4. The highest BCUT2D eigenvalue weighted by Gasteiger charge is 2.21. The molecule has 0 N–H and O–H groups in total. The first-order valence-electron chi connectivity index (χ1n) is 7.33. The summed E-state index contributed by atoms with van der Waals surface area (Å²) in [7, 11) is 3.31. The van der Waals surface area contributed by atoms with Gasteiger partial charge in [-0.1, -0.05) is 12.1 Å². The molecule has 0 fully saturated rings. The van der Waals surface area contributed by atoms with E-state index in [1.807, 2.05) is 0 Å². The fourth-order valence-electron chi connectivity index (χ4n) is 2.52. The Hall–Kier alpha value is -2.54. The number of thiophene rings is 1. The third-order valence-corrected chi connectivity index (χ3v) is 5.07. The van der Waals surface area contributed by atoms with Crippen LogP contribution in [0.3, 0.4) is 0 Å². The van der Waals surface area contributed by atoms with Gasteiger partial charge in [0, 0.05) is 20.6 Å². The van der Waals surface area contributed by atoms with Gasteiger partial charge in [-0.15, -0.1) is 11.3 Å². The Morgan fingerprint density at radius 3 is 2.67 bits per heavy atom. The number of aromatic nitrogens is 2. The average molecular weight is 345 g/mol. The van der Waals surface area contributed by atoms with Crippen LogP contribution in [0.1, 0.15) is 20.8 Å². The van der Waals surface area contributed by atoms with E-state index < -0.39 is 0 Å². The van der Waals surface area contributed by atoms with E-state index in [2.05, 4.69) is 4.98 Å². The first-order chi connectivity index (χ1) is 11.4. The Morgan fingerprint density at radius 2 is 2.00 bits per heavy atom. The van der Waals surface area contributed by atoms with Crippen LogP contribution in [-0.2, 0) is 13.6 Å². The van der Waals surface area contributed by atoms with Gasteiger partial charge in [0.1, 0.15) is 10.6 Å². The first-order valence-corrected chi connectivity index (χ1v) is 8.14. The van der Waals surface area contributed by atoms with Gasteiger partial charge in [-0.25, -0.2) is 9.37 Å². The lowest BCUT2D eigenvalue weighted by Gasteiger charge is -2.16. The van der Waals surface area contributed by atoms with Crippen LogP contribution in [0.2, 0.25) is 0 Å². The average Bonchev–Trinajstić information content (AvgIpc) is 2.90. The third-order valence-electron chi connectivity index (χ3n) is 3.88. The maximum absolute atomic E-state index is 13.0. The normalized spacial score (nSPS) is 11.0. The molecule has 5 nitrogen and oxygen atoms in total. The molecule has 0 saturated heterocycles. The van der Waals surface area contributed by atoms with E-state index >= 15 is 0 Å². The predicted molar refractivity (Wildman–Crippen MR) is 91.8 cm³/mol. The molecular weight excluding hydrogens is 329 g/mol. The molecule has 0 aliphatic carbocycles. The summed E-state index contributed by atoms with van der Waals surface area (Å²) < 4.78 is 14.4. The van der Waals surface area contributed by atoms with Crippen LogP contribution in [0.15, 0.2) is 35.4 Å². The smallest absolute Gasteiger partial charge is 0.264 e. The SMILES string of the molecule is Cc1c(C(=O)N(C)Cc2ccc(F)cc2)sc2ncn(C)c(=O)c12. The quantitative estimate of drug-likeness (QED) is 0.733. The second-order valence-corrected chi connectivity index (χ2v) is 6.68. The number of aryl methyl sites for hydroxylation is 2. The summed E-state index contributed by atoms with van der Waals surface area (Å²) >= 11 is 1.22. The number of halogens is 1. The molecule has 0 unspecified atom stereocenters. The van der Waals surface area contributed by atoms with Crippen molar-refractivity contribution in [2.24, 2.45) is 7.05 Å². The summed E-state index contributed by atoms with van der Waals surface area (Å²) in [4.78, 5) is 31.8. The van der Waals surface area contributed by atoms with E-state index in [9.17, 15) is 14.0 Å². The molecule has 0 saturated carbocycles. The van der Waals surface area contributed by atoms with Crippen LogP contribution < -0.4 is 5.56 Å². The Bertz CT molecular complexity index is 976. The number of fused-ring (bicyclic) bond motifs is 1. The van der Waals surface area contributed by atoms with Crippen molar-refractivity contribution in [3.05, 3.63) is 62.8 Å². The molecule has 7 heteroatoms. The van der Waals surface area contributed by atoms with Gasteiger partial charge in [0.2, 0.25) is 0 Å². The molecule has 0 radical (unpaired) electrons. The van der Waals surface area contributed by atoms with Crippen molar-refractivity contribution < 1.29 is 9.18 Å². The van der Waals surface area contributed by atoms with Crippen molar-refractivity contribution in [1.82, 2.24) is 14.5 Å². The summed E-state index contributed by atoms with van der Waals surface area (Å²) in [5.41, 5.74) is 1.33. The summed E-state index contributed by atoms with van der Waals surface area (Å²) in [6, 6.07) is 6.03. The molecule has 3 rings (SSSR count). The topological polar surface area (TPSA) is 55.2 Å². The Morgan fingerprint density at radius 1 is 1.33 bits per heavy atom. The van der Waals surface area contributed by atoms with Crippen LogP contribution in [0.4, 0.5) is 4.39 Å².